The number of urea groups is 1. The number of carbonyl (C=O) groups excluding carboxylic acids is 2. The van der Waals surface area contributed by atoms with E-state index in [1.165, 1.54) is 0 Å². The second kappa shape index (κ2) is 7.43. The summed E-state index contributed by atoms with van der Waals surface area (Å²) in [5, 5.41) is 3.90. The lowest BCUT2D eigenvalue weighted by molar-refractivity contribution is -0.118. The number of sulfonamides is 1. The molecule has 1 fully saturated rings. The maximum Gasteiger partial charge on any atom is 0.332 e. The third-order valence-electron chi connectivity index (χ3n) is 4.22. The van der Waals surface area contributed by atoms with Gasteiger partial charge < -0.3 is 10.6 Å². The van der Waals surface area contributed by atoms with E-state index in [9.17, 15) is 18.0 Å². The minimum atomic E-state index is -4.07. The summed E-state index contributed by atoms with van der Waals surface area (Å²) in [7, 11) is -4.07. The Kier molecular flexibility index (Phi) is 5.72. The number of nitrogens with one attached hydrogen (secondary N) is 3. The van der Waals surface area contributed by atoms with E-state index in [0.717, 1.165) is 11.1 Å². The molecule has 8 heteroatoms. The van der Waals surface area contributed by atoms with Crippen LogP contribution in [-0.2, 0) is 14.8 Å². The Morgan fingerprint density at radius 2 is 1.76 bits per heavy atom. The van der Waals surface area contributed by atoms with E-state index in [2.05, 4.69) is 10.6 Å². The number of para-hydroxylation sites is 1. The zero-order chi connectivity index (χ0) is 18.8. The van der Waals surface area contributed by atoms with Crippen molar-refractivity contribution in [1.82, 2.24) is 10.0 Å². The number of hydrogen-bond donors (Lipinski definition) is 3. The van der Waals surface area contributed by atoms with Crippen molar-refractivity contribution >= 4 is 27.6 Å². The number of amides is 3. The Bertz CT molecular complexity index is 760. The van der Waals surface area contributed by atoms with Crippen LogP contribution >= 0.6 is 0 Å². The molecular formula is C17H31N3O4S. The predicted molar refractivity (Wildman–Crippen MR) is 103 cm³/mol. The van der Waals surface area contributed by atoms with Gasteiger partial charge in [0.25, 0.3) is 0 Å². The molecule has 0 bridgehead atoms. The zero-order valence-electron chi connectivity index (χ0n) is 14.9. The van der Waals surface area contributed by atoms with Crippen LogP contribution in [0.1, 0.15) is 61.4 Å². The van der Waals surface area contributed by atoms with E-state index >= 15 is 0 Å². The molecule has 1 unspecified atom stereocenters. The molecule has 1 saturated heterocycles. The molecule has 1 aliphatic rings. The lowest BCUT2D eigenvalue weighted by atomic mass is 9.93. The van der Waals surface area contributed by atoms with E-state index in [-0.39, 0.29) is 22.5 Å². The number of rotatable bonds is 5. The standard InChI is InChI=1S/C17H25N3O4S.3H2/c1-10(2)12-6-5-7-13(11(3)4)15(12)19-17(22)20-25(23,24)14-8-9-18-16(14)21;;;/h5-7,10-11,14H,8-9H2,1-4H3,(H,18,21)(H2,19,20,22);3*1H. The highest BCUT2D eigenvalue weighted by atomic mass is 32.2. The van der Waals surface area contributed by atoms with Crippen LogP contribution in [-0.4, -0.2) is 32.2 Å². The molecule has 1 heterocycles. The molecule has 3 N–H and O–H groups in total. The van der Waals surface area contributed by atoms with Gasteiger partial charge in [0.15, 0.2) is 5.25 Å². The zero-order valence-corrected chi connectivity index (χ0v) is 15.7. The van der Waals surface area contributed by atoms with Gasteiger partial charge in [0.1, 0.15) is 0 Å². The Labute approximate surface area is 153 Å². The van der Waals surface area contributed by atoms with Crippen LogP contribution < -0.4 is 15.4 Å². The molecule has 144 valence electrons. The van der Waals surface area contributed by atoms with E-state index in [4.69, 9.17) is 0 Å². The molecule has 1 aromatic carbocycles. The second-order valence-electron chi connectivity index (χ2n) is 6.79. The first-order chi connectivity index (χ1) is 11.6. The predicted octanol–water partition coefficient (Wildman–Crippen LogP) is 3.01. The SMILES string of the molecule is CC(C)c1cccc(C(C)C)c1NC(=O)NS(=O)(=O)C1CCNC1=O.[HH].[HH].[HH]. The van der Waals surface area contributed by atoms with Crippen LogP contribution in [0.5, 0.6) is 0 Å². The molecule has 25 heavy (non-hydrogen) atoms. The third kappa shape index (κ3) is 4.31. The van der Waals surface area contributed by atoms with Crippen molar-refractivity contribution in [3.05, 3.63) is 29.3 Å². The first kappa shape index (κ1) is 19.2. The van der Waals surface area contributed by atoms with Gasteiger partial charge in [-0.25, -0.2) is 17.9 Å². The molecular weight excluding hydrogens is 342 g/mol. The van der Waals surface area contributed by atoms with Crippen molar-refractivity contribution in [2.45, 2.75) is 51.2 Å². The summed E-state index contributed by atoms with van der Waals surface area (Å²) in [4.78, 5) is 23.9. The average molecular weight is 374 g/mol. The highest BCUT2D eigenvalue weighted by Crippen LogP contribution is 2.32. The van der Waals surface area contributed by atoms with Gasteiger partial charge in [-0.3, -0.25) is 4.79 Å². The van der Waals surface area contributed by atoms with E-state index in [1.54, 1.807) is 0 Å². The van der Waals surface area contributed by atoms with Crippen molar-refractivity contribution in [3.63, 3.8) is 0 Å². The molecule has 1 aliphatic heterocycles. The fourth-order valence-corrected chi connectivity index (χ4v) is 4.15. The smallest absolute Gasteiger partial charge is 0.332 e. The fraction of sp³-hybridized carbons (Fsp3) is 0.529. The number of carbonyl (C=O) groups is 2. The average Bonchev–Trinajstić information content (AvgIpc) is 2.93. The maximum atomic E-state index is 12.3. The Morgan fingerprint density at radius 3 is 2.20 bits per heavy atom. The van der Waals surface area contributed by atoms with Gasteiger partial charge in [0.2, 0.25) is 15.9 Å². The monoisotopic (exact) mass is 373 g/mol. The molecule has 2 rings (SSSR count). The normalized spacial score (nSPS) is 17.7. The van der Waals surface area contributed by atoms with E-state index in [1.807, 2.05) is 50.6 Å². The summed E-state index contributed by atoms with van der Waals surface area (Å²) in [6.45, 7) is 8.30. The number of anilines is 1. The molecule has 1 atom stereocenters. The Morgan fingerprint density at radius 1 is 1.20 bits per heavy atom. The van der Waals surface area contributed by atoms with Gasteiger partial charge >= 0.3 is 6.03 Å². The second-order valence-corrected chi connectivity index (χ2v) is 8.65. The summed E-state index contributed by atoms with van der Waals surface area (Å²) < 4.78 is 26.5. The van der Waals surface area contributed by atoms with Gasteiger partial charge in [-0.15, -0.1) is 0 Å². The van der Waals surface area contributed by atoms with Gasteiger partial charge in [-0.1, -0.05) is 45.9 Å². The highest BCUT2D eigenvalue weighted by molar-refractivity contribution is 7.91. The van der Waals surface area contributed by atoms with Crippen LogP contribution in [0.2, 0.25) is 0 Å². The molecule has 1 aromatic rings. The Balaban J connectivity index is 0. The first-order valence-electron chi connectivity index (χ1n) is 8.36. The molecule has 7 nitrogen and oxygen atoms in total. The van der Waals surface area contributed by atoms with Gasteiger partial charge in [-0.05, 0) is 29.4 Å². The largest absolute Gasteiger partial charge is 0.355 e. The van der Waals surface area contributed by atoms with Crippen molar-refractivity contribution in [1.29, 1.82) is 0 Å². The summed E-state index contributed by atoms with van der Waals surface area (Å²) in [6.07, 6.45) is 0.154. The van der Waals surface area contributed by atoms with Crippen LogP contribution in [0.3, 0.4) is 0 Å². The van der Waals surface area contributed by atoms with Crippen molar-refractivity contribution in [2.75, 3.05) is 11.9 Å². The first-order valence-corrected chi connectivity index (χ1v) is 9.91. The lowest BCUT2D eigenvalue weighted by Gasteiger charge is -2.20. The molecule has 0 saturated carbocycles. The minimum absolute atomic E-state index is 0. The molecule has 0 radical (unpaired) electrons. The van der Waals surface area contributed by atoms with Crippen molar-refractivity contribution < 1.29 is 22.3 Å². The van der Waals surface area contributed by atoms with Gasteiger partial charge in [0, 0.05) is 16.5 Å². The summed E-state index contributed by atoms with van der Waals surface area (Å²) in [6, 6.07) is 4.89. The third-order valence-corrected chi connectivity index (χ3v) is 5.89. The van der Waals surface area contributed by atoms with E-state index in [0.29, 0.717) is 12.2 Å². The van der Waals surface area contributed by atoms with Crippen LogP contribution in [0.4, 0.5) is 10.5 Å². The maximum absolute atomic E-state index is 12.3. The molecule has 3 amide bonds. The molecule has 0 aromatic heterocycles. The van der Waals surface area contributed by atoms with Crippen molar-refractivity contribution in [3.8, 4) is 0 Å². The van der Waals surface area contributed by atoms with Crippen molar-refractivity contribution in [2.24, 2.45) is 0 Å². The van der Waals surface area contributed by atoms with Crippen LogP contribution in [0.25, 0.3) is 0 Å². The fourth-order valence-electron chi connectivity index (χ4n) is 2.90. The molecule has 0 aliphatic carbocycles. The quantitative estimate of drug-likeness (QED) is 0.738. The van der Waals surface area contributed by atoms with Crippen LogP contribution in [0.15, 0.2) is 18.2 Å². The lowest BCUT2D eigenvalue weighted by Crippen LogP contribution is -2.43. The van der Waals surface area contributed by atoms with Gasteiger partial charge in [0.05, 0.1) is 0 Å². The topological polar surface area (TPSA) is 104 Å². The summed E-state index contributed by atoms with van der Waals surface area (Å²) in [5.41, 5.74) is 2.48. The summed E-state index contributed by atoms with van der Waals surface area (Å²) in [5.74, 6) is -0.261. The number of benzene rings is 1. The minimum Gasteiger partial charge on any atom is -0.355 e. The van der Waals surface area contributed by atoms with Crippen LogP contribution in [0, 0.1) is 0 Å². The Hall–Kier alpha value is -2.09. The van der Waals surface area contributed by atoms with E-state index < -0.39 is 27.2 Å². The number of hydrogen-bond acceptors (Lipinski definition) is 4. The highest BCUT2D eigenvalue weighted by Gasteiger charge is 2.37. The summed E-state index contributed by atoms with van der Waals surface area (Å²) >= 11 is 0. The van der Waals surface area contributed by atoms with Gasteiger partial charge in [-0.2, -0.15) is 0 Å². The molecule has 0 spiro atoms.